The zero-order chi connectivity index (χ0) is 21.8. The van der Waals surface area contributed by atoms with Crippen molar-refractivity contribution in [1.82, 2.24) is 14.6 Å². The van der Waals surface area contributed by atoms with Crippen molar-refractivity contribution in [2.75, 3.05) is 13.7 Å². The zero-order valence-electron chi connectivity index (χ0n) is 17.2. The first kappa shape index (κ1) is 20.7. The molecule has 0 saturated carbocycles. The van der Waals surface area contributed by atoms with Gasteiger partial charge in [0, 0.05) is 6.42 Å². The summed E-state index contributed by atoms with van der Waals surface area (Å²) in [5.74, 6) is 1.47. The Labute approximate surface area is 182 Å². The Morgan fingerprint density at radius 2 is 1.90 bits per heavy atom. The van der Waals surface area contributed by atoms with Gasteiger partial charge in [0.2, 0.25) is 4.96 Å². The minimum Gasteiger partial charge on any atom is -0.497 e. The maximum Gasteiger partial charge on any atom is 0.296 e. The number of hydrogen-bond acceptors (Lipinski definition) is 7. The number of thiazole rings is 1. The van der Waals surface area contributed by atoms with Gasteiger partial charge in [-0.25, -0.2) is 0 Å². The Morgan fingerprint density at radius 1 is 1.10 bits per heavy atom. The predicted octanol–water partition coefficient (Wildman–Crippen LogP) is 2.45. The van der Waals surface area contributed by atoms with E-state index in [-0.39, 0.29) is 22.6 Å². The molecular weight excluding hydrogens is 414 g/mol. The van der Waals surface area contributed by atoms with Gasteiger partial charge in [0.25, 0.3) is 11.1 Å². The smallest absolute Gasteiger partial charge is 0.296 e. The van der Waals surface area contributed by atoms with Crippen molar-refractivity contribution in [1.29, 1.82) is 0 Å². The summed E-state index contributed by atoms with van der Waals surface area (Å²) in [5, 5.41) is 4.30. The molecule has 2 heterocycles. The molecule has 0 radical (unpaired) electrons. The van der Waals surface area contributed by atoms with Gasteiger partial charge < -0.3 is 9.47 Å². The summed E-state index contributed by atoms with van der Waals surface area (Å²) < 4.78 is 12.4. The molecule has 0 spiro atoms. The number of benzene rings is 2. The number of rotatable bonds is 7. The molecule has 0 N–H and O–H groups in total. The van der Waals surface area contributed by atoms with Crippen LogP contribution >= 0.6 is 11.3 Å². The molecule has 7 nitrogen and oxygen atoms in total. The Bertz CT molecular complexity index is 1380. The summed E-state index contributed by atoms with van der Waals surface area (Å²) in [5.41, 5.74) is 1.19. The van der Waals surface area contributed by atoms with Gasteiger partial charge in [-0.3, -0.25) is 9.59 Å². The quantitative estimate of drug-likeness (QED) is 0.444. The van der Waals surface area contributed by atoms with Gasteiger partial charge in [0.05, 0.1) is 18.2 Å². The van der Waals surface area contributed by atoms with Crippen molar-refractivity contribution < 1.29 is 9.47 Å². The third kappa shape index (κ3) is 4.64. The molecule has 0 unspecified atom stereocenters. The molecule has 0 saturated heterocycles. The number of aromatic nitrogens is 3. The van der Waals surface area contributed by atoms with Crippen LogP contribution in [0.15, 0.2) is 58.1 Å². The largest absolute Gasteiger partial charge is 0.497 e. The Kier molecular flexibility index (Phi) is 6.08. The van der Waals surface area contributed by atoms with Crippen LogP contribution in [-0.4, -0.2) is 28.3 Å². The van der Waals surface area contributed by atoms with E-state index in [1.807, 2.05) is 55.5 Å². The summed E-state index contributed by atoms with van der Waals surface area (Å²) in [6.45, 7) is 2.70. The van der Waals surface area contributed by atoms with Gasteiger partial charge in [0.1, 0.15) is 17.2 Å². The maximum absolute atomic E-state index is 12.8. The predicted molar refractivity (Wildman–Crippen MR) is 120 cm³/mol. The first-order valence-electron chi connectivity index (χ1n) is 9.87. The molecule has 0 aliphatic carbocycles. The molecular formula is C23H21N3O4S. The fraction of sp³-hybridized carbons (Fsp3) is 0.217. The SMILES string of the molecule is CCCOc1ccc(Cc2nn3c(=O)/c(=C/c4cccc(OC)c4)sc3nc2=O)cc1. The van der Waals surface area contributed by atoms with E-state index in [4.69, 9.17) is 9.47 Å². The van der Waals surface area contributed by atoms with Gasteiger partial charge in [-0.15, -0.1) is 0 Å². The molecule has 0 bridgehead atoms. The Balaban J connectivity index is 1.67. The van der Waals surface area contributed by atoms with Crippen molar-refractivity contribution in [3.63, 3.8) is 0 Å². The highest BCUT2D eigenvalue weighted by Crippen LogP contribution is 2.15. The number of nitrogens with zero attached hydrogens (tertiary/aromatic N) is 3. The van der Waals surface area contributed by atoms with Gasteiger partial charge in [-0.2, -0.15) is 14.6 Å². The second-order valence-corrected chi connectivity index (χ2v) is 7.93. The van der Waals surface area contributed by atoms with Crippen LogP contribution in [0.3, 0.4) is 0 Å². The molecule has 2 aromatic carbocycles. The van der Waals surface area contributed by atoms with E-state index >= 15 is 0 Å². The van der Waals surface area contributed by atoms with E-state index in [0.29, 0.717) is 16.9 Å². The van der Waals surface area contributed by atoms with Crippen LogP contribution in [0.4, 0.5) is 0 Å². The average Bonchev–Trinajstić information content (AvgIpc) is 3.07. The fourth-order valence-corrected chi connectivity index (χ4v) is 3.96. The van der Waals surface area contributed by atoms with E-state index in [9.17, 15) is 9.59 Å². The highest BCUT2D eigenvalue weighted by atomic mass is 32.1. The Hall–Kier alpha value is -3.52. The molecule has 0 atom stereocenters. The molecule has 0 fully saturated rings. The molecule has 2 aromatic heterocycles. The average molecular weight is 436 g/mol. The van der Waals surface area contributed by atoms with Crippen molar-refractivity contribution in [3.05, 3.63) is 90.6 Å². The third-order valence-electron chi connectivity index (χ3n) is 4.61. The summed E-state index contributed by atoms with van der Waals surface area (Å²) >= 11 is 1.13. The van der Waals surface area contributed by atoms with Gasteiger partial charge in [0.15, 0.2) is 0 Å². The highest BCUT2D eigenvalue weighted by molar-refractivity contribution is 7.15. The fourth-order valence-electron chi connectivity index (χ4n) is 3.05. The van der Waals surface area contributed by atoms with Crippen molar-refractivity contribution >= 4 is 22.4 Å². The van der Waals surface area contributed by atoms with Crippen molar-refractivity contribution in [2.24, 2.45) is 0 Å². The molecule has 0 amide bonds. The summed E-state index contributed by atoms with van der Waals surface area (Å²) in [6.07, 6.45) is 2.96. The molecule has 4 rings (SSSR count). The summed E-state index contributed by atoms with van der Waals surface area (Å²) in [7, 11) is 1.59. The standard InChI is InChI=1S/C23H21N3O4S/c1-3-11-30-17-9-7-15(8-10-17)13-19-21(27)24-23-26(25-19)22(28)20(31-23)14-16-5-4-6-18(12-16)29-2/h4-10,12,14H,3,11,13H2,1-2H3/b20-14-. The maximum atomic E-state index is 12.8. The molecule has 4 aromatic rings. The lowest BCUT2D eigenvalue weighted by Crippen LogP contribution is -2.28. The van der Waals surface area contributed by atoms with Crippen LogP contribution in [0.2, 0.25) is 0 Å². The number of ether oxygens (including phenoxy) is 2. The van der Waals surface area contributed by atoms with Crippen LogP contribution in [0.5, 0.6) is 11.5 Å². The minimum absolute atomic E-state index is 0.225. The van der Waals surface area contributed by atoms with Crippen LogP contribution < -0.4 is 25.1 Å². The van der Waals surface area contributed by atoms with Crippen molar-refractivity contribution in [2.45, 2.75) is 19.8 Å². The van der Waals surface area contributed by atoms with E-state index in [0.717, 1.165) is 34.6 Å². The first-order valence-corrected chi connectivity index (χ1v) is 10.7. The second kappa shape index (κ2) is 9.09. The lowest BCUT2D eigenvalue weighted by Gasteiger charge is -2.05. The van der Waals surface area contributed by atoms with Crippen LogP contribution in [0.25, 0.3) is 11.0 Å². The topological polar surface area (TPSA) is 82.8 Å². The summed E-state index contributed by atoms with van der Waals surface area (Å²) in [4.78, 5) is 29.7. The number of hydrogen-bond donors (Lipinski definition) is 0. The molecule has 31 heavy (non-hydrogen) atoms. The third-order valence-corrected chi connectivity index (χ3v) is 5.57. The number of methoxy groups -OCH3 is 1. The van der Waals surface area contributed by atoms with Crippen molar-refractivity contribution in [3.8, 4) is 11.5 Å². The minimum atomic E-state index is -0.430. The zero-order valence-corrected chi connectivity index (χ0v) is 18.0. The Morgan fingerprint density at radius 3 is 2.65 bits per heavy atom. The van der Waals surface area contributed by atoms with Gasteiger partial charge >= 0.3 is 0 Å². The van der Waals surface area contributed by atoms with E-state index in [2.05, 4.69) is 10.1 Å². The van der Waals surface area contributed by atoms with E-state index in [1.165, 1.54) is 4.52 Å². The highest BCUT2D eigenvalue weighted by Gasteiger charge is 2.12. The lowest BCUT2D eigenvalue weighted by molar-refractivity contribution is 0.317. The van der Waals surface area contributed by atoms with E-state index < -0.39 is 5.56 Å². The van der Waals surface area contributed by atoms with Crippen LogP contribution in [0, 0.1) is 0 Å². The van der Waals surface area contributed by atoms with E-state index in [1.54, 1.807) is 13.2 Å². The normalized spacial score (nSPS) is 11.7. The monoisotopic (exact) mass is 435 g/mol. The molecule has 0 aliphatic heterocycles. The van der Waals surface area contributed by atoms with Gasteiger partial charge in [-0.1, -0.05) is 42.5 Å². The van der Waals surface area contributed by atoms with Crippen LogP contribution in [0.1, 0.15) is 30.2 Å². The first-order chi connectivity index (χ1) is 15.1. The molecule has 0 aliphatic rings. The molecule has 158 valence electrons. The molecule has 8 heteroatoms. The lowest BCUT2D eigenvalue weighted by atomic mass is 10.1. The van der Waals surface area contributed by atoms with Crippen LogP contribution in [-0.2, 0) is 6.42 Å². The summed E-state index contributed by atoms with van der Waals surface area (Å²) in [6, 6.07) is 14.9. The van der Waals surface area contributed by atoms with Gasteiger partial charge in [-0.05, 0) is 47.9 Å². The second-order valence-electron chi connectivity index (χ2n) is 6.92. The number of fused-ring (bicyclic) bond motifs is 1.